The number of carbonyl (C=O) groups is 1. The molecule has 16 heavy (non-hydrogen) atoms. The van der Waals surface area contributed by atoms with Crippen molar-refractivity contribution in [2.75, 3.05) is 0 Å². The maximum absolute atomic E-state index is 12.1. The molecule has 0 bridgehead atoms. The topological polar surface area (TPSA) is 37.3 Å². The SMILES string of the molecule is O=C1c2ccccc2Cc2cc(O)ccc21. The van der Waals surface area contributed by atoms with Crippen LogP contribution in [0.4, 0.5) is 0 Å². The Labute approximate surface area is 93.2 Å². The van der Waals surface area contributed by atoms with Crippen LogP contribution >= 0.6 is 0 Å². The Morgan fingerprint density at radius 1 is 0.938 bits per heavy atom. The fourth-order valence-electron chi connectivity index (χ4n) is 2.19. The first-order chi connectivity index (χ1) is 7.75. The van der Waals surface area contributed by atoms with Crippen molar-refractivity contribution in [2.45, 2.75) is 6.42 Å². The number of hydrogen-bond acceptors (Lipinski definition) is 2. The highest BCUT2D eigenvalue weighted by molar-refractivity contribution is 6.12. The average Bonchev–Trinajstić information content (AvgIpc) is 2.29. The van der Waals surface area contributed by atoms with Crippen LogP contribution in [0.3, 0.4) is 0 Å². The molecule has 0 aromatic heterocycles. The number of benzene rings is 2. The van der Waals surface area contributed by atoms with Crippen LogP contribution in [-0.4, -0.2) is 10.9 Å². The van der Waals surface area contributed by atoms with Crippen LogP contribution in [0.2, 0.25) is 0 Å². The van der Waals surface area contributed by atoms with Crippen LogP contribution in [0, 0.1) is 0 Å². The van der Waals surface area contributed by atoms with Crippen molar-refractivity contribution in [3.8, 4) is 5.75 Å². The van der Waals surface area contributed by atoms with E-state index < -0.39 is 0 Å². The van der Waals surface area contributed by atoms with Gasteiger partial charge in [0.1, 0.15) is 5.75 Å². The first kappa shape index (κ1) is 9.16. The van der Waals surface area contributed by atoms with E-state index in [2.05, 4.69) is 0 Å². The summed E-state index contributed by atoms with van der Waals surface area (Å²) in [5, 5.41) is 9.41. The molecular formula is C14H10O2. The molecule has 1 N–H and O–H groups in total. The van der Waals surface area contributed by atoms with E-state index >= 15 is 0 Å². The van der Waals surface area contributed by atoms with Gasteiger partial charge in [-0.25, -0.2) is 0 Å². The molecule has 0 atom stereocenters. The Hall–Kier alpha value is -2.09. The number of carbonyl (C=O) groups excluding carboxylic acids is 1. The van der Waals surface area contributed by atoms with Gasteiger partial charge < -0.3 is 5.11 Å². The summed E-state index contributed by atoms with van der Waals surface area (Å²) < 4.78 is 0. The van der Waals surface area contributed by atoms with Crippen molar-refractivity contribution < 1.29 is 9.90 Å². The summed E-state index contributed by atoms with van der Waals surface area (Å²) >= 11 is 0. The minimum Gasteiger partial charge on any atom is -0.508 e. The van der Waals surface area contributed by atoms with E-state index in [0.717, 1.165) is 16.7 Å². The molecule has 0 saturated carbocycles. The normalized spacial score (nSPS) is 13.1. The van der Waals surface area contributed by atoms with Crippen LogP contribution in [0.25, 0.3) is 0 Å². The number of ketones is 1. The molecule has 0 heterocycles. The van der Waals surface area contributed by atoms with Gasteiger partial charge in [-0.15, -0.1) is 0 Å². The minimum absolute atomic E-state index is 0.0526. The van der Waals surface area contributed by atoms with Crippen LogP contribution in [0.15, 0.2) is 42.5 Å². The molecule has 78 valence electrons. The van der Waals surface area contributed by atoms with Crippen molar-refractivity contribution in [2.24, 2.45) is 0 Å². The predicted octanol–water partition coefficient (Wildman–Crippen LogP) is 2.53. The first-order valence-corrected chi connectivity index (χ1v) is 5.20. The molecular weight excluding hydrogens is 200 g/mol. The van der Waals surface area contributed by atoms with E-state index in [0.29, 0.717) is 12.0 Å². The monoisotopic (exact) mass is 210 g/mol. The van der Waals surface area contributed by atoms with Gasteiger partial charge in [0, 0.05) is 11.1 Å². The number of aromatic hydroxyl groups is 1. The maximum atomic E-state index is 12.1. The van der Waals surface area contributed by atoms with E-state index in [1.165, 1.54) is 0 Å². The molecule has 0 fully saturated rings. The second-order valence-corrected chi connectivity index (χ2v) is 4.00. The Morgan fingerprint density at radius 3 is 2.56 bits per heavy atom. The average molecular weight is 210 g/mol. The van der Waals surface area contributed by atoms with Crippen molar-refractivity contribution in [3.63, 3.8) is 0 Å². The quantitative estimate of drug-likeness (QED) is 0.619. The van der Waals surface area contributed by atoms with E-state index in [-0.39, 0.29) is 11.5 Å². The third kappa shape index (κ3) is 1.23. The number of hydrogen-bond donors (Lipinski definition) is 1. The fraction of sp³-hybridized carbons (Fsp3) is 0.0714. The summed E-state index contributed by atoms with van der Waals surface area (Å²) in [7, 11) is 0. The summed E-state index contributed by atoms with van der Waals surface area (Å²) in [6.07, 6.45) is 0.714. The highest BCUT2D eigenvalue weighted by Crippen LogP contribution is 2.28. The summed E-state index contributed by atoms with van der Waals surface area (Å²) in [5.74, 6) is 0.266. The summed E-state index contributed by atoms with van der Waals surface area (Å²) in [4.78, 5) is 12.1. The first-order valence-electron chi connectivity index (χ1n) is 5.20. The third-order valence-corrected chi connectivity index (χ3v) is 2.98. The highest BCUT2D eigenvalue weighted by atomic mass is 16.3. The fourth-order valence-corrected chi connectivity index (χ4v) is 2.19. The number of phenolic OH excluding ortho intramolecular Hbond substituents is 1. The van der Waals surface area contributed by atoms with E-state index in [4.69, 9.17) is 0 Å². The molecule has 0 unspecified atom stereocenters. The van der Waals surface area contributed by atoms with Gasteiger partial charge in [0.25, 0.3) is 0 Å². The zero-order valence-corrected chi connectivity index (χ0v) is 8.60. The zero-order chi connectivity index (χ0) is 11.1. The van der Waals surface area contributed by atoms with E-state index in [9.17, 15) is 9.90 Å². The number of phenols is 1. The third-order valence-electron chi connectivity index (χ3n) is 2.98. The number of fused-ring (bicyclic) bond motifs is 2. The molecule has 2 aromatic carbocycles. The Morgan fingerprint density at radius 2 is 1.69 bits per heavy atom. The summed E-state index contributed by atoms with van der Waals surface area (Å²) in [5.41, 5.74) is 3.42. The van der Waals surface area contributed by atoms with Gasteiger partial charge in [-0.05, 0) is 35.7 Å². The molecule has 2 heteroatoms. The predicted molar refractivity (Wildman–Crippen MR) is 60.8 cm³/mol. The van der Waals surface area contributed by atoms with Gasteiger partial charge in [-0.1, -0.05) is 24.3 Å². The lowest BCUT2D eigenvalue weighted by Crippen LogP contribution is -2.14. The Balaban J connectivity index is 2.22. The van der Waals surface area contributed by atoms with Crippen LogP contribution < -0.4 is 0 Å². The minimum atomic E-state index is 0.0526. The van der Waals surface area contributed by atoms with Gasteiger partial charge >= 0.3 is 0 Å². The lowest BCUT2D eigenvalue weighted by Gasteiger charge is -2.18. The van der Waals surface area contributed by atoms with Gasteiger partial charge in [0.15, 0.2) is 5.78 Å². The Bertz CT molecular complexity index is 585. The summed E-state index contributed by atoms with van der Waals surface area (Å²) in [6.45, 7) is 0. The zero-order valence-electron chi connectivity index (χ0n) is 8.60. The standard InChI is InChI=1S/C14H10O2/c15-11-5-6-13-10(8-11)7-9-3-1-2-4-12(9)14(13)16/h1-6,8,15H,7H2. The van der Waals surface area contributed by atoms with Crippen molar-refractivity contribution in [1.82, 2.24) is 0 Å². The summed E-state index contributed by atoms with van der Waals surface area (Å²) in [6, 6.07) is 12.5. The van der Waals surface area contributed by atoms with Crippen LogP contribution in [-0.2, 0) is 6.42 Å². The van der Waals surface area contributed by atoms with Crippen LogP contribution in [0.5, 0.6) is 5.75 Å². The molecule has 1 aliphatic carbocycles. The van der Waals surface area contributed by atoms with Gasteiger partial charge in [0.05, 0.1) is 0 Å². The molecule has 1 aliphatic rings. The molecule has 0 amide bonds. The molecule has 2 aromatic rings. The van der Waals surface area contributed by atoms with E-state index in [1.807, 2.05) is 24.3 Å². The lowest BCUT2D eigenvalue weighted by molar-refractivity contribution is 0.103. The van der Waals surface area contributed by atoms with E-state index in [1.54, 1.807) is 18.2 Å². The molecule has 0 saturated heterocycles. The highest BCUT2D eigenvalue weighted by Gasteiger charge is 2.22. The van der Waals surface area contributed by atoms with Crippen molar-refractivity contribution >= 4 is 5.78 Å². The maximum Gasteiger partial charge on any atom is 0.193 e. The molecule has 0 spiro atoms. The largest absolute Gasteiger partial charge is 0.508 e. The second-order valence-electron chi connectivity index (χ2n) is 4.00. The molecule has 0 radical (unpaired) electrons. The molecule has 2 nitrogen and oxygen atoms in total. The van der Waals surface area contributed by atoms with Crippen molar-refractivity contribution in [1.29, 1.82) is 0 Å². The smallest absolute Gasteiger partial charge is 0.193 e. The second kappa shape index (κ2) is 3.20. The number of rotatable bonds is 0. The molecule has 0 aliphatic heterocycles. The van der Waals surface area contributed by atoms with Gasteiger partial charge in [-0.3, -0.25) is 4.79 Å². The lowest BCUT2D eigenvalue weighted by atomic mass is 9.85. The Kier molecular flexibility index (Phi) is 1.83. The van der Waals surface area contributed by atoms with Crippen LogP contribution in [0.1, 0.15) is 27.0 Å². The molecule has 3 rings (SSSR count). The van der Waals surface area contributed by atoms with Gasteiger partial charge in [-0.2, -0.15) is 0 Å². The van der Waals surface area contributed by atoms with Gasteiger partial charge in [0.2, 0.25) is 0 Å². The van der Waals surface area contributed by atoms with Crippen molar-refractivity contribution in [3.05, 3.63) is 64.7 Å².